The minimum absolute atomic E-state index is 0. The molecule has 0 unspecified atom stereocenters. The van der Waals surface area contributed by atoms with E-state index in [1.165, 1.54) is 12.1 Å². The molecule has 0 aliphatic carbocycles. The second kappa shape index (κ2) is 4.05. The van der Waals surface area contributed by atoms with Crippen molar-refractivity contribution in [2.45, 2.75) is 5.88 Å². The molecule has 0 radical (unpaired) electrons. The van der Waals surface area contributed by atoms with E-state index < -0.39 is 0 Å². The first-order chi connectivity index (χ1) is 4.74. The Hall–Kier alpha value is -0.930. The third-order valence-corrected chi connectivity index (χ3v) is 1.50. The Morgan fingerprint density at radius 3 is 2.27 bits per heavy atom. The van der Waals surface area contributed by atoms with Crippen molar-refractivity contribution in [3.05, 3.63) is 23.8 Å². The lowest BCUT2D eigenvalue weighted by molar-refractivity contribution is 0.403. The highest BCUT2D eigenvalue weighted by molar-refractivity contribution is 6.17. The number of rotatable bonds is 1. The number of benzene rings is 1. The van der Waals surface area contributed by atoms with Crippen molar-refractivity contribution in [3.63, 3.8) is 0 Å². The number of hydrogen-bond acceptors (Lipinski definition) is 3. The summed E-state index contributed by atoms with van der Waals surface area (Å²) in [6, 6.07) is 4.50. The smallest absolute Gasteiger partial charge is 0.157 e. The van der Waals surface area contributed by atoms with Gasteiger partial charge in [-0.3, -0.25) is 0 Å². The van der Waals surface area contributed by atoms with E-state index in [-0.39, 0.29) is 17.6 Å². The predicted molar refractivity (Wildman–Crippen MR) is 44.4 cm³/mol. The van der Waals surface area contributed by atoms with E-state index in [0.717, 1.165) is 5.56 Å². The number of hydrogen-bond donors (Lipinski definition) is 3. The van der Waals surface area contributed by atoms with Crippen LogP contribution in [0.25, 0.3) is 0 Å². The lowest BCUT2D eigenvalue weighted by Gasteiger charge is -1.97. The van der Waals surface area contributed by atoms with Gasteiger partial charge in [-0.1, -0.05) is 6.07 Å². The first kappa shape index (κ1) is 10.1. The van der Waals surface area contributed by atoms with Gasteiger partial charge >= 0.3 is 0 Å². The van der Waals surface area contributed by atoms with E-state index >= 15 is 0 Å². The van der Waals surface area contributed by atoms with E-state index in [1.807, 2.05) is 0 Å². The Balaban J connectivity index is 0.000001000. The molecule has 1 aromatic rings. The molecule has 0 spiro atoms. The summed E-state index contributed by atoms with van der Waals surface area (Å²) in [5.41, 5.74) is 0.789. The Morgan fingerprint density at radius 1 is 1.18 bits per heavy atom. The molecule has 1 aromatic carbocycles. The Kier molecular flexibility index (Phi) is 3.71. The summed E-state index contributed by atoms with van der Waals surface area (Å²) in [4.78, 5) is 0. The average molecular weight is 176 g/mol. The van der Waals surface area contributed by atoms with Gasteiger partial charge in [0.2, 0.25) is 0 Å². The molecule has 0 aliphatic heterocycles. The Labute approximate surface area is 69.8 Å². The van der Waals surface area contributed by atoms with Gasteiger partial charge in [0.05, 0.1) is 0 Å². The van der Waals surface area contributed by atoms with Crippen LogP contribution in [-0.2, 0) is 5.88 Å². The molecule has 62 valence electrons. The summed E-state index contributed by atoms with van der Waals surface area (Å²) in [5.74, 6) is 0.0976. The van der Waals surface area contributed by atoms with Crippen LogP contribution in [0.4, 0.5) is 0 Å². The molecule has 0 atom stereocenters. The lowest BCUT2D eigenvalue weighted by Crippen LogP contribution is -1.75. The van der Waals surface area contributed by atoms with Crippen LogP contribution in [0, 0.1) is 0 Å². The molecule has 0 heterocycles. The van der Waals surface area contributed by atoms with Crippen molar-refractivity contribution in [2.24, 2.45) is 0 Å². The second-order valence-corrected chi connectivity index (χ2v) is 2.22. The number of aromatic hydroxyl groups is 2. The summed E-state index contributed by atoms with van der Waals surface area (Å²) in [7, 11) is 0. The quantitative estimate of drug-likeness (QED) is 0.451. The normalized spacial score (nSPS) is 8.82. The number of phenolic OH excluding ortho intramolecular Hbond substituents is 2. The van der Waals surface area contributed by atoms with Crippen LogP contribution in [0.15, 0.2) is 18.2 Å². The van der Waals surface area contributed by atoms with E-state index in [2.05, 4.69) is 0 Å². The predicted octanol–water partition coefficient (Wildman–Crippen LogP) is 2.00. The van der Waals surface area contributed by atoms with E-state index in [4.69, 9.17) is 21.8 Å². The summed E-state index contributed by atoms with van der Waals surface area (Å²) < 4.78 is 0. The standard InChI is InChI=1S/C7H7ClO2.H3N/c8-4-5-1-2-6(9)7(10)3-5;/h1-3,9-10H,4H2;1H3. The van der Waals surface area contributed by atoms with Gasteiger partial charge in [-0.15, -0.1) is 11.6 Å². The van der Waals surface area contributed by atoms with Crippen LogP contribution < -0.4 is 6.15 Å². The fourth-order valence-electron chi connectivity index (χ4n) is 0.652. The van der Waals surface area contributed by atoms with Crippen molar-refractivity contribution in [2.75, 3.05) is 0 Å². The van der Waals surface area contributed by atoms with Crippen LogP contribution >= 0.6 is 11.6 Å². The molecule has 0 saturated heterocycles. The van der Waals surface area contributed by atoms with Crippen LogP contribution in [0.1, 0.15) is 5.56 Å². The molecule has 0 fully saturated rings. The molecule has 0 aromatic heterocycles. The minimum Gasteiger partial charge on any atom is -0.504 e. The molecule has 5 N–H and O–H groups in total. The van der Waals surface area contributed by atoms with Gasteiger partial charge in [0.25, 0.3) is 0 Å². The summed E-state index contributed by atoms with van der Waals surface area (Å²) in [6.07, 6.45) is 0. The monoisotopic (exact) mass is 175 g/mol. The first-order valence-electron chi connectivity index (χ1n) is 2.81. The van der Waals surface area contributed by atoms with Crippen molar-refractivity contribution >= 4 is 11.6 Å². The summed E-state index contributed by atoms with van der Waals surface area (Å²) in [6.45, 7) is 0. The Morgan fingerprint density at radius 2 is 1.82 bits per heavy atom. The van der Waals surface area contributed by atoms with Gasteiger partial charge in [-0.05, 0) is 17.7 Å². The number of phenols is 2. The summed E-state index contributed by atoms with van der Waals surface area (Å²) >= 11 is 5.46. The molecular formula is C7H10ClNO2. The fraction of sp³-hybridized carbons (Fsp3) is 0.143. The van der Waals surface area contributed by atoms with Crippen molar-refractivity contribution < 1.29 is 10.2 Å². The van der Waals surface area contributed by atoms with Gasteiger partial charge in [0.1, 0.15) is 0 Å². The fourth-order valence-corrected chi connectivity index (χ4v) is 0.818. The molecular weight excluding hydrogens is 166 g/mol. The van der Waals surface area contributed by atoms with Crippen LogP contribution in [-0.4, -0.2) is 10.2 Å². The highest BCUT2D eigenvalue weighted by Crippen LogP contribution is 2.25. The van der Waals surface area contributed by atoms with E-state index in [1.54, 1.807) is 6.07 Å². The maximum absolute atomic E-state index is 8.92. The molecule has 0 aliphatic rings. The van der Waals surface area contributed by atoms with Gasteiger partial charge in [0, 0.05) is 5.88 Å². The molecule has 0 bridgehead atoms. The largest absolute Gasteiger partial charge is 0.504 e. The number of halogens is 1. The Bertz CT molecular complexity index is 240. The third-order valence-electron chi connectivity index (χ3n) is 1.19. The van der Waals surface area contributed by atoms with Gasteiger partial charge < -0.3 is 16.4 Å². The van der Waals surface area contributed by atoms with Gasteiger partial charge in [0.15, 0.2) is 11.5 Å². The maximum Gasteiger partial charge on any atom is 0.157 e. The van der Waals surface area contributed by atoms with Gasteiger partial charge in [-0.25, -0.2) is 0 Å². The molecule has 3 nitrogen and oxygen atoms in total. The third kappa shape index (κ3) is 2.29. The first-order valence-corrected chi connectivity index (χ1v) is 3.34. The van der Waals surface area contributed by atoms with Crippen molar-refractivity contribution in [1.29, 1.82) is 0 Å². The van der Waals surface area contributed by atoms with E-state index in [9.17, 15) is 0 Å². The topological polar surface area (TPSA) is 75.5 Å². The van der Waals surface area contributed by atoms with Crippen LogP contribution in [0.2, 0.25) is 0 Å². The van der Waals surface area contributed by atoms with Crippen LogP contribution in [0.3, 0.4) is 0 Å². The second-order valence-electron chi connectivity index (χ2n) is 1.96. The average Bonchev–Trinajstić information content (AvgIpc) is 1.95. The zero-order chi connectivity index (χ0) is 7.56. The summed E-state index contributed by atoms with van der Waals surface area (Å²) in [5, 5.41) is 17.8. The molecule has 4 heteroatoms. The van der Waals surface area contributed by atoms with Gasteiger partial charge in [-0.2, -0.15) is 0 Å². The maximum atomic E-state index is 8.92. The minimum atomic E-state index is -0.127. The van der Waals surface area contributed by atoms with Crippen molar-refractivity contribution in [1.82, 2.24) is 6.15 Å². The number of alkyl halides is 1. The van der Waals surface area contributed by atoms with E-state index in [0.29, 0.717) is 5.88 Å². The highest BCUT2D eigenvalue weighted by Gasteiger charge is 1.97. The SMILES string of the molecule is N.Oc1ccc(CCl)cc1O. The molecule has 11 heavy (non-hydrogen) atoms. The lowest BCUT2D eigenvalue weighted by atomic mass is 10.2. The highest BCUT2D eigenvalue weighted by atomic mass is 35.5. The van der Waals surface area contributed by atoms with Crippen LogP contribution in [0.5, 0.6) is 11.5 Å². The van der Waals surface area contributed by atoms with Crippen molar-refractivity contribution in [3.8, 4) is 11.5 Å². The molecule has 1 rings (SSSR count). The zero-order valence-electron chi connectivity index (χ0n) is 5.92. The zero-order valence-corrected chi connectivity index (χ0v) is 6.67. The molecule has 0 saturated carbocycles. The molecule has 0 amide bonds.